The third kappa shape index (κ3) is 3.03. The summed E-state index contributed by atoms with van der Waals surface area (Å²) in [6.07, 6.45) is 1.54. The van der Waals surface area contributed by atoms with Crippen molar-refractivity contribution < 1.29 is 5.11 Å². The van der Waals surface area contributed by atoms with Gasteiger partial charge in [-0.15, -0.1) is 12.4 Å². The Balaban J connectivity index is 0.00000161. The van der Waals surface area contributed by atoms with E-state index < -0.39 is 0 Å². The van der Waals surface area contributed by atoms with Crippen LogP contribution in [0.1, 0.15) is 24.4 Å². The van der Waals surface area contributed by atoms with Gasteiger partial charge in [0.2, 0.25) is 0 Å². The van der Waals surface area contributed by atoms with Crippen molar-refractivity contribution in [1.82, 2.24) is 0 Å². The minimum atomic E-state index is -0.0309. The maximum Gasteiger partial charge on any atom is 0.0431 e. The van der Waals surface area contributed by atoms with Gasteiger partial charge in [0, 0.05) is 12.6 Å². The average molecular weight is 302 g/mol. The molecule has 0 heterocycles. The summed E-state index contributed by atoms with van der Waals surface area (Å²) in [4.78, 5) is 0. The number of fused-ring (bicyclic) bond motifs is 3. The Bertz CT molecular complexity index is 741. The number of aliphatic hydroxyl groups excluding tert-OH is 1. The van der Waals surface area contributed by atoms with Gasteiger partial charge in [0.1, 0.15) is 0 Å². The van der Waals surface area contributed by atoms with E-state index in [2.05, 4.69) is 54.6 Å². The molecule has 0 radical (unpaired) electrons. The van der Waals surface area contributed by atoms with Crippen LogP contribution < -0.4 is 5.73 Å². The molecule has 2 nitrogen and oxygen atoms in total. The largest absolute Gasteiger partial charge is 0.396 e. The van der Waals surface area contributed by atoms with Crippen molar-refractivity contribution in [2.45, 2.75) is 18.9 Å². The predicted molar refractivity (Wildman–Crippen MR) is 92.0 cm³/mol. The fourth-order valence-electron chi connectivity index (χ4n) is 2.86. The lowest BCUT2D eigenvalue weighted by Crippen LogP contribution is -2.11. The summed E-state index contributed by atoms with van der Waals surface area (Å²) in [7, 11) is 0. The SMILES string of the molecule is Cl.N[C@H](CCCO)c1cc2ccccc2c2ccccc12. The van der Waals surface area contributed by atoms with E-state index >= 15 is 0 Å². The highest BCUT2D eigenvalue weighted by molar-refractivity contribution is 6.09. The quantitative estimate of drug-likeness (QED) is 0.710. The molecule has 0 saturated carbocycles. The van der Waals surface area contributed by atoms with E-state index in [1.165, 1.54) is 27.1 Å². The Morgan fingerprint density at radius 2 is 1.52 bits per heavy atom. The van der Waals surface area contributed by atoms with Crippen molar-refractivity contribution in [2.75, 3.05) is 6.61 Å². The van der Waals surface area contributed by atoms with Crippen LogP contribution in [0.3, 0.4) is 0 Å². The number of aliphatic hydroxyl groups is 1. The first-order valence-corrected chi connectivity index (χ1v) is 7.08. The van der Waals surface area contributed by atoms with E-state index in [0.29, 0.717) is 0 Å². The molecular weight excluding hydrogens is 282 g/mol. The summed E-state index contributed by atoms with van der Waals surface area (Å²) in [5.41, 5.74) is 7.50. The lowest BCUT2D eigenvalue weighted by atomic mass is 9.92. The molecule has 3 heteroatoms. The monoisotopic (exact) mass is 301 g/mol. The van der Waals surface area contributed by atoms with E-state index in [1.807, 2.05) is 0 Å². The average Bonchev–Trinajstić information content (AvgIpc) is 2.52. The number of benzene rings is 3. The van der Waals surface area contributed by atoms with E-state index in [1.54, 1.807) is 0 Å². The topological polar surface area (TPSA) is 46.2 Å². The molecule has 0 spiro atoms. The van der Waals surface area contributed by atoms with Crippen molar-refractivity contribution in [3.63, 3.8) is 0 Å². The number of rotatable bonds is 4. The standard InChI is InChI=1S/C18H19NO.ClH/c19-18(10-5-11-20)17-12-13-6-1-2-7-14(13)15-8-3-4-9-16(15)17;/h1-4,6-9,12,18,20H,5,10-11,19H2;1H/t18-;/m1./s1. The molecule has 3 rings (SSSR count). The molecule has 0 aliphatic heterocycles. The molecular formula is C18H20ClNO. The summed E-state index contributed by atoms with van der Waals surface area (Å²) in [5, 5.41) is 13.9. The Morgan fingerprint density at radius 1 is 0.905 bits per heavy atom. The van der Waals surface area contributed by atoms with Gasteiger partial charge in [0.25, 0.3) is 0 Å². The molecule has 3 N–H and O–H groups in total. The minimum Gasteiger partial charge on any atom is -0.396 e. The summed E-state index contributed by atoms with van der Waals surface area (Å²) in [6, 6.07) is 19.0. The molecule has 3 aromatic carbocycles. The number of hydrogen-bond donors (Lipinski definition) is 2. The van der Waals surface area contributed by atoms with Crippen molar-refractivity contribution in [3.8, 4) is 0 Å². The molecule has 0 aliphatic rings. The van der Waals surface area contributed by atoms with Crippen LogP contribution in [0.5, 0.6) is 0 Å². The van der Waals surface area contributed by atoms with Gasteiger partial charge in [-0.3, -0.25) is 0 Å². The Hall–Kier alpha value is -1.61. The zero-order chi connectivity index (χ0) is 13.9. The Kier molecular flexibility index (Phi) is 5.18. The van der Waals surface area contributed by atoms with Crippen LogP contribution in [0.4, 0.5) is 0 Å². The Labute approximate surface area is 131 Å². The Morgan fingerprint density at radius 3 is 2.24 bits per heavy atom. The molecule has 0 bridgehead atoms. The predicted octanol–water partition coefficient (Wildman–Crippen LogP) is 4.19. The van der Waals surface area contributed by atoms with Gasteiger partial charge in [-0.05, 0) is 46.0 Å². The molecule has 0 fully saturated rings. The first-order chi connectivity index (χ1) is 9.81. The molecule has 0 amide bonds. The lowest BCUT2D eigenvalue weighted by molar-refractivity contribution is 0.280. The lowest BCUT2D eigenvalue weighted by Gasteiger charge is -2.16. The van der Waals surface area contributed by atoms with Crippen LogP contribution in [0.2, 0.25) is 0 Å². The highest BCUT2D eigenvalue weighted by Gasteiger charge is 2.12. The molecule has 0 aliphatic carbocycles. The summed E-state index contributed by atoms with van der Waals surface area (Å²) >= 11 is 0. The summed E-state index contributed by atoms with van der Waals surface area (Å²) in [6.45, 7) is 0.194. The molecule has 0 aromatic heterocycles. The van der Waals surface area contributed by atoms with Crippen LogP contribution in [0.15, 0.2) is 54.6 Å². The molecule has 21 heavy (non-hydrogen) atoms. The van der Waals surface area contributed by atoms with Crippen molar-refractivity contribution in [3.05, 3.63) is 60.2 Å². The van der Waals surface area contributed by atoms with Gasteiger partial charge in [-0.25, -0.2) is 0 Å². The van der Waals surface area contributed by atoms with Gasteiger partial charge in [-0.2, -0.15) is 0 Å². The molecule has 0 saturated heterocycles. The zero-order valence-corrected chi connectivity index (χ0v) is 12.6. The van der Waals surface area contributed by atoms with Crippen LogP contribution in [0, 0.1) is 0 Å². The van der Waals surface area contributed by atoms with Crippen molar-refractivity contribution >= 4 is 34.0 Å². The summed E-state index contributed by atoms with van der Waals surface area (Å²) < 4.78 is 0. The van der Waals surface area contributed by atoms with Gasteiger partial charge in [0.05, 0.1) is 0 Å². The second-order valence-corrected chi connectivity index (χ2v) is 5.20. The van der Waals surface area contributed by atoms with E-state index in [0.717, 1.165) is 12.8 Å². The number of hydrogen-bond acceptors (Lipinski definition) is 2. The number of nitrogens with two attached hydrogens (primary N) is 1. The van der Waals surface area contributed by atoms with Crippen LogP contribution in [-0.4, -0.2) is 11.7 Å². The van der Waals surface area contributed by atoms with Crippen LogP contribution >= 0.6 is 12.4 Å². The third-order valence-electron chi connectivity index (χ3n) is 3.87. The first kappa shape index (κ1) is 15.8. The van der Waals surface area contributed by atoms with E-state index in [9.17, 15) is 0 Å². The van der Waals surface area contributed by atoms with Gasteiger partial charge >= 0.3 is 0 Å². The molecule has 3 aromatic rings. The maximum atomic E-state index is 8.99. The molecule has 110 valence electrons. The van der Waals surface area contributed by atoms with Crippen LogP contribution in [-0.2, 0) is 0 Å². The minimum absolute atomic E-state index is 0. The van der Waals surface area contributed by atoms with E-state index in [4.69, 9.17) is 10.8 Å². The third-order valence-corrected chi connectivity index (χ3v) is 3.87. The smallest absolute Gasteiger partial charge is 0.0431 e. The zero-order valence-electron chi connectivity index (χ0n) is 11.8. The van der Waals surface area contributed by atoms with Crippen molar-refractivity contribution in [2.24, 2.45) is 5.73 Å². The highest BCUT2D eigenvalue weighted by Crippen LogP contribution is 2.32. The fraction of sp³-hybridized carbons (Fsp3) is 0.222. The van der Waals surface area contributed by atoms with E-state index in [-0.39, 0.29) is 25.1 Å². The number of halogens is 1. The van der Waals surface area contributed by atoms with Gasteiger partial charge in [-0.1, -0.05) is 48.5 Å². The van der Waals surface area contributed by atoms with Gasteiger partial charge < -0.3 is 10.8 Å². The van der Waals surface area contributed by atoms with Crippen molar-refractivity contribution in [1.29, 1.82) is 0 Å². The highest BCUT2D eigenvalue weighted by atomic mass is 35.5. The second-order valence-electron chi connectivity index (χ2n) is 5.20. The summed E-state index contributed by atoms with van der Waals surface area (Å²) in [5.74, 6) is 0. The molecule has 1 atom stereocenters. The normalized spacial score (nSPS) is 12.3. The van der Waals surface area contributed by atoms with Crippen LogP contribution in [0.25, 0.3) is 21.5 Å². The van der Waals surface area contributed by atoms with Gasteiger partial charge in [0.15, 0.2) is 0 Å². The fourth-order valence-corrected chi connectivity index (χ4v) is 2.86. The maximum absolute atomic E-state index is 8.99. The second kappa shape index (κ2) is 6.90. The first-order valence-electron chi connectivity index (χ1n) is 7.08. The molecule has 0 unspecified atom stereocenters.